The van der Waals surface area contributed by atoms with Gasteiger partial charge in [0.15, 0.2) is 0 Å². The molecule has 0 bridgehead atoms. The first kappa shape index (κ1) is 21.2. The number of imidazole rings is 1. The van der Waals surface area contributed by atoms with Crippen LogP contribution in [0.2, 0.25) is 0 Å². The Morgan fingerprint density at radius 3 is 2.84 bits per heavy atom. The molecular formula is C25H37N3O3. The second-order valence-electron chi connectivity index (χ2n) is 10.9. The summed E-state index contributed by atoms with van der Waals surface area (Å²) in [5, 5.41) is 25.9. The minimum absolute atomic E-state index is 0.0146. The van der Waals surface area contributed by atoms with Gasteiger partial charge in [-0.25, -0.2) is 4.98 Å². The number of allylic oxidation sites excluding steroid dienone is 1. The fraction of sp³-hybridized carbons (Fsp3) is 0.760. The lowest BCUT2D eigenvalue weighted by molar-refractivity contribution is -0.0495. The number of aromatic nitrogens is 2. The molecule has 4 aliphatic carbocycles. The number of hydrogen-bond donors (Lipinski definition) is 2. The van der Waals surface area contributed by atoms with Crippen molar-refractivity contribution in [2.45, 2.75) is 84.0 Å². The highest BCUT2D eigenvalue weighted by Gasteiger charge is 2.60. The minimum Gasteiger partial charge on any atom is -0.396 e. The summed E-state index contributed by atoms with van der Waals surface area (Å²) in [7, 11) is 0. The molecule has 2 N–H and O–H groups in total. The molecule has 1 aromatic rings. The molecular weight excluding hydrogens is 390 g/mol. The molecule has 3 saturated carbocycles. The fourth-order valence-electron chi connectivity index (χ4n) is 7.32. The normalized spacial score (nSPS) is 43.2. The van der Waals surface area contributed by atoms with Crippen LogP contribution in [0.15, 0.2) is 35.5 Å². The first-order chi connectivity index (χ1) is 14.9. The van der Waals surface area contributed by atoms with Crippen molar-refractivity contribution in [1.29, 1.82) is 0 Å². The molecule has 0 aliphatic heterocycles. The van der Waals surface area contributed by atoms with Gasteiger partial charge in [-0.05, 0) is 73.7 Å². The Balaban J connectivity index is 1.40. The summed E-state index contributed by atoms with van der Waals surface area (Å²) in [6.45, 7) is 6.16. The Hall–Kier alpha value is -1.66. The van der Waals surface area contributed by atoms with Crippen molar-refractivity contribution in [1.82, 2.24) is 9.55 Å². The largest absolute Gasteiger partial charge is 0.396 e. The van der Waals surface area contributed by atoms with Crippen LogP contribution in [0, 0.1) is 28.6 Å². The van der Waals surface area contributed by atoms with Crippen LogP contribution < -0.4 is 0 Å². The van der Waals surface area contributed by atoms with E-state index < -0.39 is 0 Å². The third-order valence-electron chi connectivity index (χ3n) is 9.27. The smallest absolute Gasteiger partial charge is 0.118 e. The van der Waals surface area contributed by atoms with Crippen molar-refractivity contribution >= 4 is 5.71 Å². The average Bonchev–Trinajstić information content (AvgIpc) is 3.37. The van der Waals surface area contributed by atoms with Crippen LogP contribution in [-0.4, -0.2) is 44.3 Å². The number of nitrogens with zero attached hydrogens (tertiary/aromatic N) is 3. The zero-order valence-corrected chi connectivity index (χ0v) is 18.9. The topological polar surface area (TPSA) is 79.9 Å². The van der Waals surface area contributed by atoms with E-state index in [1.54, 1.807) is 6.20 Å². The van der Waals surface area contributed by atoms with Crippen LogP contribution >= 0.6 is 0 Å². The molecule has 1 aromatic heterocycles. The predicted molar refractivity (Wildman–Crippen MR) is 119 cm³/mol. The summed E-state index contributed by atoms with van der Waals surface area (Å²) in [5.41, 5.74) is 2.54. The molecule has 3 fully saturated rings. The van der Waals surface area contributed by atoms with Gasteiger partial charge in [0.25, 0.3) is 0 Å². The lowest BCUT2D eigenvalue weighted by Crippen LogP contribution is -2.54. The van der Waals surface area contributed by atoms with Crippen LogP contribution in [0.1, 0.15) is 65.2 Å². The van der Waals surface area contributed by atoms with Crippen LogP contribution in [0.3, 0.4) is 0 Å². The molecule has 31 heavy (non-hydrogen) atoms. The van der Waals surface area contributed by atoms with Crippen molar-refractivity contribution in [2.75, 3.05) is 6.61 Å². The van der Waals surface area contributed by atoms with Gasteiger partial charge in [-0.1, -0.05) is 24.6 Å². The van der Waals surface area contributed by atoms with Gasteiger partial charge >= 0.3 is 0 Å². The van der Waals surface area contributed by atoms with Gasteiger partial charge in [-0.15, -0.1) is 0 Å². The predicted octanol–water partition coefficient (Wildman–Crippen LogP) is 3.94. The standard InChI is InChI=1S/C25H37N3O3/c1-24-8-6-18(29)14-17(24)15-21(27-31-13-3-11-28-12-10-26-16-28)23-19-4-5-22(30)25(19,2)9-7-20(23)24/h10,12,15-16,18-20,22-23,29-30H,3-9,11,13-14H2,1-2H3/b27-21-/t18-,19?,20?,22-,23?,24-,25-/m0/s1. The molecule has 4 aliphatic rings. The number of aliphatic hydroxyl groups is 2. The third kappa shape index (κ3) is 3.56. The van der Waals surface area contributed by atoms with Gasteiger partial charge in [-0.2, -0.15) is 0 Å². The quantitative estimate of drug-likeness (QED) is 0.551. The summed E-state index contributed by atoms with van der Waals surface area (Å²) < 4.78 is 2.05. The van der Waals surface area contributed by atoms with E-state index in [0.717, 1.165) is 63.6 Å². The first-order valence-corrected chi connectivity index (χ1v) is 12.1. The van der Waals surface area contributed by atoms with E-state index in [0.29, 0.717) is 24.4 Å². The maximum Gasteiger partial charge on any atom is 0.118 e. The molecule has 0 aromatic carbocycles. The molecule has 1 heterocycles. The van der Waals surface area contributed by atoms with Crippen molar-refractivity contribution < 1.29 is 15.1 Å². The molecule has 0 spiro atoms. The van der Waals surface area contributed by atoms with Crippen LogP contribution in [0.25, 0.3) is 0 Å². The monoisotopic (exact) mass is 427 g/mol. The highest BCUT2D eigenvalue weighted by molar-refractivity contribution is 5.99. The number of rotatable bonds is 5. The van der Waals surface area contributed by atoms with E-state index in [4.69, 9.17) is 9.99 Å². The van der Waals surface area contributed by atoms with Crippen LogP contribution in [0.5, 0.6) is 0 Å². The Kier molecular flexibility index (Phi) is 5.50. The Labute approximate surface area is 185 Å². The molecule has 7 atom stereocenters. The van der Waals surface area contributed by atoms with Crippen molar-refractivity contribution in [3.05, 3.63) is 30.4 Å². The second kappa shape index (κ2) is 8.04. The number of aliphatic hydroxyl groups excluding tert-OH is 2. The number of aryl methyl sites for hydroxylation is 1. The number of oxime groups is 1. The van der Waals surface area contributed by atoms with Gasteiger partial charge in [0, 0.05) is 31.3 Å². The molecule has 6 nitrogen and oxygen atoms in total. The first-order valence-electron chi connectivity index (χ1n) is 12.1. The lowest BCUT2D eigenvalue weighted by atomic mass is 9.47. The van der Waals surface area contributed by atoms with E-state index >= 15 is 0 Å². The summed E-state index contributed by atoms with van der Waals surface area (Å²) in [6, 6.07) is 0. The van der Waals surface area contributed by atoms with E-state index in [1.165, 1.54) is 5.57 Å². The zero-order chi connectivity index (χ0) is 21.6. The van der Waals surface area contributed by atoms with Crippen LogP contribution in [-0.2, 0) is 11.4 Å². The van der Waals surface area contributed by atoms with Crippen LogP contribution in [0.4, 0.5) is 0 Å². The lowest BCUT2D eigenvalue weighted by Gasteiger charge is -2.57. The zero-order valence-electron chi connectivity index (χ0n) is 18.9. The molecule has 3 unspecified atom stereocenters. The van der Waals surface area contributed by atoms with E-state index in [1.807, 2.05) is 12.5 Å². The van der Waals surface area contributed by atoms with Crippen molar-refractivity contribution in [2.24, 2.45) is 33.7 Å². The Morgan fingerprint density at radius 1 is 1.16 bits per heavy atom. The summed E-state index contributed by atoms with van der Waals surface area (Å²) in [6.07, 6.45) is 15.1. The fourth-order valence-corrected chi connectivity index (χ4v) is 7.32. The second-order valence-corrected chi connectivity index (χ2v) is 10.9. The average molecular weight is 428 g/mol. The Bertz CT molecular complexity index is 850. The highest BCUT2D eigenvalue weighted by atomic mass is 16.6. The molecule has 5 rings (SSSR count). The molecule has 170 valence electrons. The number of hydrogen-bond acceptors (Lipinski definition) is 5. The van der Waals surface area contributed by atoms with Gasteiger partial charge in [0.1, 0.15) is 6.61 Å². The summed E-state index contributed by atoms with van der Waals surface area (Å²) >= 11 is 0. The SMILES string of the molecule is C[C@]12CC[C@H](O)CC1=C/C(=N/OCCCn1ccnc1)C1C2CC[C@@]2(C)C1CC[C@@H]2O. The van der Waals surface area contributed by atoms with Gasteiger partial charge < -0.3 is 19.6 Å². The van der Waals surface area contributed by atoms with Crippen molar-refractivity contribution in [3.8, 4) is 0 Å². The minimum atomic E-state index is -0.240. The van der Waals surface area contributed by atoms with Gasteiger partial charge in [0.2, 0.25) is 0 Å². The van der Waals surface area contributed by atoms with Crippen molar-refractivity contribution in [3.63, 3.8) is 0 Å². The van der Waals surface area contributed by atoms with E-state index in [-0.39, 0.29) is 23.0 Å². The van der Waals surface area contributed by atoms with E-state index in [2.05, 4.69) is 29.5 Å². The molecule has 0 amide bonds. The molecule has 0 saturated heterocycles. The van der Waals surface area contributed by atoms with Gasteiger partial charge in [0.05, 0.1) is 24.2 Å². The maximum absolute atomic E-state index is 10.8. The van der Waals surface area contributed by atoms with Gasteiger partial charge in [-0.3, -0.25) is 0 Å². The molecule has 6 heteroatoms. The number of fused-ring (bicyclic) bond motifs is 5. The third-order valence-corrected chi connectivity index (χ3v) is 9.27. The summed E-state index contributed by atoms with van der Waals surface area (Å²) in [5.74, 6) is 1.32. The highest BCUT2D eigenvalue weighted by Crippen LogP contribution is 2.64. The summed E-state index contributed by atoms with van der Waals surface area (Å²) in [4.78, 5) is 9.93. The molecule has 0 radical (unpaired) electrons. The van der Waals surface area contributed by atoms with E-state index in [9.17, 15) is 10.2 Å². The Morgan fingerprint density at radius 2 is 2.03 bits per heavy atom. The maximum atomic E-state index is 10.8.